The van der Waals surface area contributed by atoms with E-state index < -0.39 is 6.04 Å². The molecule has 0 aromatic heterocycles. The summed E-state index contributed by atoms with van der Waals surface area (Å²) in [6, 6.07) is 5.31. The third kappa shape index (κ3) is 6.07. The lowest BCUT2D eigenvalue weighted by molar-refractivity contribution is -0.143. The molecule has 0 heterocycles. The van der Waals surface area contributed by atoms with Crippen molar-refractivity contribution in [3.05, 3.63) is 29.3 Å². The molecule has 122 valence electrons. The van der Waals surface area contributed by atoms with Crippen LogP contribution < -0.4 is 10.6 Å². The van der Waals surface area contributed by atoms with E-state index in [2.05, 4.69) is 10.6 Å². The number of carbonyl (C=O) groups excluding carboxylic acids is 2. The maximum absolute atomic E-state index is 12.0. The monoisotopic (exact) mass is 324 g/mol. The molecular weight excluding hydrogens is 300 g/mol. The van der Waals surface area contributed by atoms with Gasteiger partial charge in [-0.1, -0.05) is 6.07 Å². The van der Waals surface area contributed by atoms with Gasteiger partial charge in [0.05, 0.1) is 13.7 Å². The minimum Gasteiger partial charge on any atom is -0.468 e. The third-order valence-corrected chi connectivity index (χ3v) is 4.04. The molecule has 1 rings (SSSR count). The fourth-order valence-corrected chi connectivity index (χ4v) is 2.39. The number of ether oxygens (including phenoxy) is 1. The normalized spacial score (nSPS) is 11.8. The van der Waals surface area contributed by atoms with Crippen molar-refractivity contribution < 1.29 is 14.3 Å². The lowest BCUT2D eigenvalue weighted by Crippen LogP contribution is -2.42. The summed E-state index contributed by atoms with van der Waals surface area (Å²) in [7, 11) is 1.35. The van der Waals surface area contributed by atoms with Gasteiger partial charge < -0.3 is 10.1 Å². The van der Waals surface area contributed by atoms with Crippen molar-refractivity contribution in [3.63, 3.8) is 0 Å². The van der Waals surface area contributed by atoms with Gasteiger partial charge in [-0.05, 0) is 55.5 Å². The first-order valence-electron chi connectivity index (χ1n) is 7.15. The van der Waals surface area contributed by atoms with E-state index in [1.54, 1.807) is 11.8 Å². The predicted octanol–water partition coefficient (Wildman–Crippen LogP) is 2.13. The van der Waals surface area contributed by atoms with Crippen LogP contribution in [0.15, 0.2) is 18.2 Å². The molecule has 0 aliphatic rings. The Labute approximate surface area is 136 Å². The van der Waals surface area contributed by atoms with Gasteiger partial charge in [-0.2, -0.15) is 11.8 Å². The molecule has 0 saturated carbocycles. The average molecular weight is 324 g/mol. The summed E-state index contributed by atoms with van der Waals surface area (Å²) in [6.45, 7) is 4.09. The molecule has 6 heteroatoms. The Morgan fingerprint density at radius 1 is 1.27 bits per heavy atom. The third-order valence-electron chi connectivity index (χ3n) is 3.40. The standard InChI is InChI=1S/C16H24N2O3S/c1-11-5-6-13(9-12(11)2)18-15(19)10-17-14(7-8-22-4)16(20)21-3/h5-6,9,14,17H,7-8,10H2,1-4H3,(H,18,19). The Hall–Kier alpha value is -1.53. The molecule has 22 heavy (non-hydrogen) atoms. The van der Waals surface area contributed by atoms with Crippen LogP contribution in [0.3, 0.4) is 0 Å². The predicted molar refractivity (Wildman–Crippen MR) is 91.4 cm³/mol. The first-order chi connectivity index (χ1) is 10.5. The van der Waals surface area contributed by atoms with Gasteiger partial charge in [-0.25, -0.2) is 0 Å². The molecule has 2 N–H and O–H groups in total. The molecule has 0 fully saturated rings. The highest BCUT2D eigenvalue weighted by Crippen LogP contribution is 2.13. The van der Waals surface area contributed by atoms with E-state index in [1.807, 2.05) is 38.3 Å². The molecule has 1 aromatic rings. The Kier molecular flexibility index (Phi) is 7.98. The minimum absolute atomic E-state index is 0.0705. The zero-order valence-corrected chi connectivity index (χ0v) is 14.4. The highest BCUT2D eigenvalue weighted by atomic mass is 32.2. The second-order valence-electron chi connectivity index (χ2n) is 5.09. The Bertz CT molecular complexity index is 520. The van der Waals surface area contributed by atoms with Crippen LogP contribution in [-0.2, 0) is 14.3 Å². The first kappa shape index (κ1) is 18.5. The Morgan fingerprint density at radius 2 is 2.00 bits per heavy atom. The van der Waals surface area contributed by atoms with Gasteiger partial charge in [-0.15, -0.1) is 0 Å². The van der Waals surface area contributed by atoms with Gasteiger partial charge in [0.2, 0.25) is 5.91 Å². The Morgan fingerprint density at radius 3 is 2.59 bits per heavy atom. The quantitative estimate of drug-likeness (QED) is 0.717. The summed E-state index contributed by atoms with van der Waals surface area (Å²) in [5, 5.41) is 5.77. The van der Waals surface area contributed by atoms with Crippen molar-refractivity contribution in [2.45, 2.75) is 26.3 Å². The van der Waals surface area contributed by atoms with Gasteiger partial charge in [0.25, 0.3) is 0 Å². The summed E-state index contributed by atoms with van der Waals surface area (Å²) >= 11 is 1.65. The van der Waals surface area contributed by atoms with E-state index in [0.29, 0.717) is 6.42 Å². The smallest absolute Gasteiger partial charge is 0.322 e. The number of esters is 1. The van der Waals surface area contributed by atoms with E-state index in [9.17, 15) is 9.59 Å². The fourth-order valence-electron chi connectivity index (χ4n) is 1.92. The molecule has 0 spiro atoms. The molecule has 0 aliphatic heterocycles. The largest absolute Gasteiger partial charge is 0.468 e. The van der Waals surface area contributed by atoms with Crippen LogP contribution in [0.5, 0.6) is 0 Å². The summed E-state index contributed by atoms with van der Waals surface area (Å²) in [6.07, 6.45) is 2.60. The number of hydrogen-bond donors (Lipinski definition) is 2. The Balaban J connectivity index is 2.52. The average Bonchev–Trinajstić information content (AvgIpc) is 2.50. The van der Waals surface area contributed by atoms with E-state index in [4.69, 9.17) is 4.74 Å². The van der Waals surface area contributed by atoms with Gasteiger partial charge in [0.15, 0.2) is 0 Å². The summed E-state index contributed by atoms with van der Waals surface area (Å²) in [4.78, 5) is 23.6. The van der Waals surface area contributed by atoms with Crippen molar-refractivity contribution in [1.82, 2.24) is 5.32 Å². The lowest BCUT2D eigenvalue weighted by Gasteiger charge is -2.16. The topological polar surface area (TPSA) is 67.4 Å². The highest BCUT2D eigenvalue weighted by molar-refractivity contribution is 7.98. The molecule has 1 atom stereocenters. The van der Waals surface area contributed by atoms with Crippen LogP contribution in [0, 0.1) is 13.8 Å². The molecule has 0 saturated heterocycles. The molecule has 1 unspecified atom stereocenters. The number of anilines is 1. The first-order valence-corrected chi connectivity index (χ1v) is 8.54. The highest BCUT2D eigenvalue weighted by Gasteiger charge is 2.19. The molecule has 1 aromatic carbocycles. The van der Waals surface area contributed by atoms with Crippen LogP contribution in [0.4, 0.5) is 5.69 Å². The SMILES string of the molecule is COC(=O)C(CCSC)NCC(=O)Nc1ccc(C)c(C)c1. The van der Waals surface area contributed by atoms with Crippen LogP contribution >= 0.6 is 11.8 Å². The van der Waals surface area contributed by atoms with E-state index in [1.165, 1.54) is 12.7 Å². The summed E-state index contributed by atoms with van der Waals surface area (Å²) in [5.74, 6) is 0.306. The number of amides is 1. The molecular formula is C16H24N2O3S. The zero-order valence-electron chi connectivity index (χ0n) is 13.6. The van der Waals surface area contributed by atoms with E-state index in [0.717, 1.165) is 17.0 Å². The number of thioether (sulfide) groups is 1. The van der Waals surface area contributed by atoms with Gasteiger partial charge >= 0.3 is 5.97 Å². The number of nitrogens with one attached hydrogen (secondary N) is 2. The van der Waals surface area contributed by atoms with Gasteiger partial charge in [0, 0.05) is 5.69 Å². The van der Waals surface area contributed by atoms with Crippen molar-refractivity contribution in [2.24, 2.45) is 0 Å². The number of rotatable bonds is 8. The molecule has 0 radical (unpaired) electrons. The van der Waals surface area contributed by atoms with E-state index >= 15 is 0 Å². The van der Waals surface area contributed by atoms with Crippen LogP contribution in [0.1, 0.15) is 17.5 Å². The molecule has 0 aliphatic carbocycles. The van der Waals surface area contributed by atoms with Gasteiger partial charge in [-0.3, -0.25) is 14.9 Å². The maximum atomic E-state index is 12.0. The summed E-state index contributed by atoms with van der Waals surface area (Å²) in [5.41, 5.74) is 3.06. The van der Waals surface area contributed by atoms with Crippen LogP contribution in [-0.4, -0.2) is 43.6 Å². The van der Waals surface area contributed by atoms with Crippen molar-refractivity contribution in [1.29, 1.82) is 0 Å². The number of hydrogen-bond acceptors (Lipinski definition) is 5. The fraction of sp³-hybridized carbons (Fsp3) is 0.500. The van der Waals surface area contributed by atoms with Crippen LogP contribution in [0.25, 0.3) is 0 Å². The van der Waals surface area contributed by atoms with Gasteiger partial charge in [0.1, 0.15) is 6.04 Å². The lowest BCUT2D eigenvalue weighted by atomic mass is 10.1. The minimum atomic E-state index is -0.456. The maximum Gasteiger partial charge on any atom is 0.322 e. The number of methoxy groups -OCH3 is 1. The van der Waals surface area contributed by atoms with Crippen LogP contribution in [0.2, 0.25) is 0 Å². The molecule has 0 bridgehead atoms. The van der Waals surface area contributed by atoms with Crippen molar-refractivity contribution in [3.8, 4) is 0 Å². The molecule has 1 amide bonds. The van der Waals surface area contributed by atoms with Crippen molar-refractivity contribution >= 4 is 29.3 Å². The summed E-state index contributed by atoms with van der Waals surface area (Å²) < 4.78 is 4.75. The van der Waals surface area contributed by atoms with Crippen molar-refractivity contribution in [2.75, 3.05) is 31.0 Å². The number of benzene rings is 1. The number of aryl methyl sites for hydroxylation is 2. The zero-order chi connectivity index (χ0) is 16.5. The molecule has 5 nitrogen and oxygen atoms in total. The second kappa shape index (κ2) is 9.48. The number of carbonyl (C=O) groups is 2. The second-order valence-corrected chi connectivity index (χ2v) is 6.07. The van der Waals surface area contributed by atoms with E-state index in [-0.39, 0.29) is 18.4 Å².